The van der Waals surface area contributed by atoms with E-state index in [0.717, 1.165) is 12.2 Å². The SMILES string of the molecule is CCNc1ccc(S(=O)(=O)N(C)CCN(C)C)cc1. The van der Waals surface area contributed by atoms with Gasteiger partial charge in [-0.1, -0.05) is 0 Å². The van der Waals surface area contributed by atoms with E-state index in [1.807, 2.05) is 25.9 Å². The first-order valence-corrected chi connectivity index (χ1v) is 7.77. The van der Waals surface area contributed by atoms with Crippen LogP contribution in [0.5, 0.6) is 0 Å². The van der Waals surface area contributed by atoms with Gasteiger partial charge in [-0.3, -0.25) is 0 Å². The minimum atomic E-state index is -3.39. The second kappa shape index (κ2) is 6.88. The lowest BCUT2D eigenvalue weighted by Gasteiger charge is -2.19. The van der Waals surface area contributed by atoms with Crippen molar-refractivity contribution >= 4 is 15.7 Å². The van der Waals surface area contributed by atoms with E-state index in [0.29, 0.717) is 18.0 Å². The van der Waals surface area contributed by atoms with E-state index in [2.05, 4.69) is 5.32 Å². The molecule has 0 bridgehead atoms. The molecule has 0 aliphatic carbocycles. The number of rotatable bonds is 7. The molecule has 0 amide bonds. The van der Waals surface area contributed by atoms with Gasteiger partial charge in [0.25, 0.3) is 0 Å². The summed E-state index contributed by atoms with van der Waals surface area (Å²) in [6, 6.07) is 6.85. The number of nitrogens with one attached hydrogen (secondary N) is 1. The van der Waals surface area contributed by atoms with Crippen LogP contribution in [0.25, 0.3) is 0 Å². The Labute approximate surface area is 116 Å². The fraction of sp³-hybridized carbons (Fsp3) is 0.538. The molecule has 0 saturated heterocycles. The molecule has 0 radical (unpaired) electrons. The number of likely N-dealkylation sites (N-methyl/N-ethyl adjacent to an activating group) is 2. The maximum atomic E-state index is 12.3. The Morgan fingerprint density at radius 1 is 1.05 bits per heavy atom. The van der Waals surface area contributed by atoms with Crippen molar-refractivity contribution in [2.24, 2.45) is 0 Å². The molecule has 1 rings (SSSR count). The predicted octanol–water partition coefficient (Wildman–Crippen LogP) is 1.30. The van der Waals surface area contributed by atoms with Crippen LogP contribution in [0.3, 0.4) is 0 Å². The number of sulfonamides is 1. The topological polar surface area (TPSA) is 52.7 Å². The first kappa shape index (κ1) is 15.9. The molecule has 0 heterocycles. The molecule has 0 saturated carbocycles. The standard InChI is InChI=1S/C13H23N3O2S/c1-5-14-12-6-8-13(9-7-12)19(17,18)16(4)11-10-15(2)3/h6-9,14H,5,10-11H2,1-4H3. The molecule has 0 atom stereocenters. The van der Waals surface area contributed by atoms with Crippen LogP contribution in [0.1, 0.15) is 6.92 Å². The van der Waals surface area contributed by atoms with Crippen molar-refractivity contribution in [3.05, 3.63) is 24.3 Å². The van der Waals surface area contributed by atoms with Crippen LogP contribution in [0.2, 0.25) is 0 Å². The molecule has 0 aromatic heterocycles. The molecular formula is C13H23N3O2S. The largest absolute Gasteiger partial charge is 0.385 e. The summed E-state index contributed by atoms with van der Waals surface area (Å²) < 4.78 is 26.0. The number of benzene rings is 1. The lowest BCUT2D eigenvalue weighted by atomic mass is 10.3. The summed E-state index contributed by atoms with van der Waals surface area (Å²) in [6.07, 6.45) is 0. The molecule has 0 unspecified atom stereocenters. The van der Waals surface area contributed by atoms with Crippen molar-refractivity contribution in [3.8, 4) is 0 Å². The van der Waals surface area contributed by atoms with Gasteiger partial charge >= 0.3 is 0 Å². The molecule has 1 aromatic rings. The zero-order chi connectivity index (χ0) is 14.5. The summed E-state index contributed by atoms with van der Waals surface area (Å²) >= 11 is 0. The van der Waals surface area contributed by atoms with Crippen LogP contribution in [-0.4, -0.2) is 58.4 Å². The smallest absolute Gasteiger partial charge is 0.242 e. The molecular weight excluding hydrogens is 262 g/mol. The Kier molecular flexibility index (Phi) is 5.78. The van der Waals surface area contributed by atoms with Gasteiger partial charge in [0, 0.05) is 32.4 Å². The molecule has 0 aliphatic heterocycles. The highest BCUT2D eigenvalue weighted by atomic mass is 32.2. The summed E-state index contributed by atoms with van der Waals surface area (Å²) in [4.78, 5) is 2.29. The van der Waals surface area contributed by atoms with Crippen molar-refractivity contribution in [3.63, 3.8) is 0 Å². The number of hydrogen-bond acceptors (Lipinski definition) is 4. The van der Waals surface area contributed by atoms with Gasteiger partial charge in [-0.15, -0.1) is 0 Å². The van der Waals surface area contributed by atoms with Gasteiger partial charge in [0.2, 0.25) is 10.0 Å². The molecule has 0 fully saturated rings. The van der Waals surface area contributed by atoms with Gasteiger partial charge in [0.1, 0.15) is 0 Å². The van der Waals surface area contributed by atoms with Crippen molar-refractivity contribution < 1.29 is 8.42 Å². The summed E-state index contributed by atoms with van der Waals surface area (Å²) in [5.74, 6) is 0. The van der Waals surface area contributed by atoms with Crippen LogP contribution in [-0.2, 0) is 10.0 Å². The third-order valence-electron chi connectivity index (χ3n) is 2.81. The van der Waals surface area contributed by atoms with Crippen molar-refractivity contribution in [2.75, 3.05) is 46.1 Å². The minimum Gasteiger partial charge on any atom is -0.385 e. The second-order valence-electron chi connectivity index (χ2n) is 4.68. The zero-order valence-electron chi connectivity index (χ0n) is 12.0. The Bertz CT molecular complexity index is 483. The lowest BCUT2D eigenvalue weighted by Crippen LogP contribution is -2.33. The Morgan fingerprint density at radius 3 is 2.11 bits per heavy atom. The van der Waals surface area contributed by atoms with Crippen LogP contribution >= 0.6 is 0 Å². The second-order valence-corrected chi connectivity index (χ2v) is 6.73. The highest BCUT2D eigenvalue weighted by Gasteiger charge is 2.20. The molecule has 1 N–H and O–H groups in total. The van der Waals surface area contributed by atoms with E-state index < -0.39 is 10.0 Å². The van der Waals surface area contributed by atoms with E-state index in [4.69, 9.17) is 0 Å². The number of anilines is 1. The molecule has 1 aromatic carbocycles. The predicted molar refractivity (Wildman–Crippen MR) is 79.0 cm³/mol. The highest BCUT2D eigenvalue weighted by Crippen LogP contribution is 2.17. The first-order chi connectivity index (χ1) is 8.87. The van der Waals surface area contributed by atoms with Gasteiger partial charge in [-0.25, -0.2) is 8.42 Å². The molecule has 6 heteroatoms. The van der Waals surface area contributed by atoms with Gasteiger partial charge in [-0.2, -0.15) is 4.31 Å². The average Bonchev–Trinajstić information content (AvgIpc) is 2.36. The monoisotopic (exact) mass is 285 g/mol. The molecule has 19 heavy (non-hydrogen) atoms. The van der Waals surface area contributed by atoms with Gasteiger partial charge in [-0.05, 0) is 45.3 Å². The maximum absolute atomic E-state index is 12.3. The van der Waals surface area contributed by atoms with E-state index in [9.17, 15) is 8.42 Å². The van der Waals surface area contributed by atoms with E-state index in [1.54, 1.807) is 31.3 Å². The first-order valence-electron chi connectivity index (χ1n) is 6.33. The third-order valence-corrected chi connectivity index (χ3v) is 4.68. The van der Waals surface area contributed by atoms with Crippen LogP contribution < -0.4 is 5.32 Å². The molecule has 0 aliphatic rings. The zero-order valence-corrected chi connectivity index (χ0v) is 12.9. The van der Waals surface area contributed by atoms with E-state index >= 15 is 0 Å². The molecule has 0 spiro atoms. The summed E-state index contributed by atoms with van der Waals surface area (Å²) in [6.45, 7) is 3.99. The van der Waals surface area contributed by atoms with Gasteiger partial charge in [0.05, 0.1) is 4.90 Å². The van der Waals surface area contributed by atoms with Crippen LogP contribution in [0, 0.1) is 0 Å². The van der Waals surface area contributed by atoms with Crippen LogP contribution in [0.4, 0.5) is 5.69 Å². The Hall–Kier alpha value is -1.11. The average molecular weight is 285 g/mol. The highest BCUT2D eigenvalue weighted by molar-refractivity contribution is 7.89. The fourth-order valence-electron chi connectivity index (χ4n) is 1.59. The summed E-state index contributed by atoms with van der Waals surface area (Å²) in [5.41, 5.74) is 0.928. The Balaban J connectivity index is 2.81. The summed E-state index contributed by atoms with van der Waals surface area (Å²) in [5, 5.41) is 3.14. The number of nitrogens with zero attached hydrogens (tertiary/aromatic N) is 2. The van der Waals surface area contributed by atoms with Crippen molar-refractivity contribution in [1.29, 1.82) is 0 Å². The van der Waals surface area contributed by atoms with Crippen molar-refractivity contribution in [2.45, 2.75) is 11.8 Å². The quantitative estimate of drug-likeness (QED) is 0.820. The maximum Gasteiger partial charge on any atom is 0.242 e. The minimum absolute atomic E-state index is 0.329. The van der Waals surface area contributed by atoms with E-state index in [1.165, 1.54) is 4.31 Å². The van der Waals surface area contributed by atoms with E-state index in [-0.39, 0.29) is 0 Å². The Morgan fingerprint density at radius 2 is 1.63 bits per heavy atom. The molecule has 5 nitrogen and oxygen atoms in total. The lowest BCUT2D eigenvalue weighted by molar-refractivity contribution is 0.358. The molecule has 108 valence electrons. The van der Waals surface area contributed by atoms with Crippen LogP contribution in [0.15, 0.2) is 29.2 Å². The third kappa shape index (κ3) is 4.49. The number of hydrogen-bond donors (Lipinski definition) is 1. The van der Waals surface area contributed by atoms with Gasteiger partial charge < -0.3 is 10.2 Å². The normalized spacial score (nSPS) is 12.1. The van der Waals surface area contributed by atoms with Gasteiger partial charge in [0.15, 0.2) is 0 Å². The summed E-state index contributed by atoms with van der Waals surface area (Å²) in [7, 11) is 2.07. The van der Waals surface area contributed by atoms with Crippen molar-refractivity contribution in [1.82, 2.24) is 9.21 Å². The fourth-order valence-corrected chi connectivity index (χ4v) is 2.75.